The number of aliphatic hydroxyl groups is 2. The van der Waals surface area contributed by atoms with Crippen molar-refractivity contribution in [3.63, 3.8) is 0 Å². The summed E-state index contributed by atoms with van der Waals surface area (Å²) >= 11 is 0. The van der Waals surface area contributed by atoms with Crippen molar-refractivity contribution in [1.82, 2.24) is 0 Å². The number of carboxylic acid groups (broad SMARTS) is 1. The Morgan fingerprint density at radius 2 is 1.39 bits per heavy atom. The second-order valence-electron chi connectivity index (χ2n) is 16.9. The van der Waals surface area contributed by atoms with Gasteiger partial charge in [0.1, 0.15) is 6.10 Å². The fourth-order valence-electron chi connectivity index (χ4n) is 11.3. The molecule has 0 aromatic heterocycles. The van der Waals surface area contributed by atoms with E-state index in [0.717, 1.165) is 51.4 Å². The lowest BCUT2D eigenvalue weighted by Gasteiger charge is -2.63. The number of carbonyl (C=O) groups excluding carboxylic acids is 1. The molecule has 0 aliphatic heterocycles. The maximum atomic E-state index is 12.8. The molecule has 0 saturated heterocycles. The maximum absolute atomic E-state index is 12.8. The predicted molar refractivity (Wildman–Crippen MR) is 184 cm³/mol. The zero-order chi connectivity index (χ0) is 33.3. The average Bonchev–Trinajstić information content (AvgIpc) is 3.38. The summed E-state index contributed by atoms with van der Waals surface area (Å²) in [5.74, 6) is 0.742. The molecule has 6 heteroatoms. The fourth-order valence-corrected chi connectivity index (χ4v) is 11.3. The summed E-state index contributed by atoms with van der Waals surface area (Å²) in [5, 5.41) is 32.7. The summed E-state index contributed by atoms with van der Waals surface area (Å²) in [4.78, 5) is 24.0. The van der Waals surface area contributed by atoms with E-state index in [1.807, 2.05) is 0 Å². The topological polar surface area (TPSA) is 104 Å². The van der Waals surface area contributed by atoms with Crippen LogP contribution in [0.2, 0.25) is 0 Å². The summed E-state index contributed by atoms with van der Waals surface area (Å²) < 4.78 is 6.04. The molecular weight excluding hydrogens is 576 g/mol. The van der Waals surface area contributed by atoms with Crippen LogP contribution in [0.1, 0.15) is 175 Å². The lowest BCUT2D eigenvalue weighted by molar-refractivity contribution is -0.209. The first-order chi connectivity index (χ1) is 22.0. The summed E-state index contributed by atoms with van der Waals surface area (Å²) in [7, 11) is 0. The molecule has 46 heavy (non-hydrogen) atoms. The minimum absolute atomic E-state index is 0.0389. The maximum Gasteiger partial charge on any atom is 0.306 e. The molecule has 0 radical (unpaired) electrons. The number of aliphatic hydroxyl groups excluding tert-OH is 2. The Kier molecular flexibility index (Phi) is 14.3. The monoisotopic (exact) mass is 647 g/mol. The lowest BCUT2D eigenvalue weighted by atomic mass is 9.43. The van der Waals surface area contributed by atoms with Gasteiger partial charge in [-0.3, -0.25) is 9.59 Å². The Morgan fingerprint density at radius 1 is 0.783 bits per heavy atom. The highest BCUT2D eigenvalue weighted by atomic mass is 16.5. The molecule has 4 aliphatic carbocycles. The van der Waals surface area contributed by atoms with Crippen molar-refractivity contribution in [3.05, 3.63) is 0 Å². The first kappa shape index (κ1) is 37.7. The van der Waals surface area contributed by atoms with Crippen LogP contribution in [0.15, 0.2) is 0 Å². The van der Waals surface area contributed by atoms with Gasteiger partial charge < -0.3 is 20.1 Å². The third-order valence-corrected chi connectivity index (χ3v) is 14.1. The van der Waals surface area contributed by atoms with Gasteiger partial charge in [0.2, 0.25) is 0 Å². The van der Waals surface area contributed by atoms with Gasteiger partial charge in [-0.05, 0) is 104 Å². The first-order valence-corrected chi connectivity index (χ1v) is 19.8. The van der Waals surface area contributed by atoms with E-state index < -0.39 is 18.2 Å². The Balaban J connectivity index is 1.19. The van der Waals surface area contributed by atoms with Gasteiger partial charge in [-0.15, -0.1) is 0 Å². The highest BCUT2D eigenvalue weighted by Gasteiger charge is 2.65. The number of esters is 1. The second-order valence-corrected chi connectivity index (χ2v) is 16.9. The van der Waals surface area contributed by atoms with Gasteiger partial charge in [0, 0.05) is 12.8 Å². The van der Waals surface area contributed by atoms with Crippen LogP contribution in [-0.2, 0) is 14.3 Å². The number of ether oxygens (including phenoxy) is 1. The normalized spacial score (nSPS) is 37.6. The molecule has 0 bridgehead atoms. The van der Waals surface area contributed by atoms with Gasteiger partial charge in [0.25, 0.3) is 0 Å². The fraction of sp³-hybridized carbons (Fsp3) is 0.950. The average molecular weight is 647 g/mol. The van der Waals surface area contributed by atoms with E-state index in [9.17, 15) is 24.9 Å². The molecule has 0 aromatic carbocycles. The van der Waals surface area contributed by atoms with Crippen molar-refractivity contribution in [3.8, 4) is 0 Å². The van der Waals surface area contributed by atoms with Crippen LogP contribution in [0.3, 0.4) is 0 Å². The Bertz CT molecular complexity index is 952. The van der Waals surface area contributed by atoms with Crippen molar-refractivity contribution in [1.29, 1.82) is 0 Å². The smallest absolute Gasteiger partial charge is 0.306 e. The van der Waals surface area contributed by atoms with Crippen LogP contribution in [0.5, 0.6) is 0 Å². The van der Waals surface area contributed by atoms with Crippen molar-refractivity contribution in [2.45, 2.75) is 194 Å². The third kappa shape index (κ3) is 8.90. The Hall–Kier alpha value is -1.14. The number of fused-ring (bicyclic) bond motifs is 5. The van der Waals surface area contributed by atoms with Crippen LogP contribution < -0.4 is 0 Å². The molecule has 0 aromatic rings. The highest BCUT2D eigenvalue weighted by molar-refractivity contribution is 5.69. The van der Waals surface area contributed by atoms with Crippen LogP contribution in [-0.4, -0.2) is 45.6 Å². The molecular formula is C40H70O6. The summed E-state index contributed by atoms with van der Waals surface area (Å²) in [6.07, 6.45) is 23.4. The van der Waals surface area contributed by atoms with Gasteiger partial charge in [-0.25, -0.2) is 0 Å². The van der Waals surface area contributed by atoms with Crippen molar-refractivity contribution in [2.24, 2.45) is 46.3 Å². The van der Waals surface area contributed by atoms with Crippen molar-refractivity contribution >= 4 is 11.9 Å². The molecule has 4 saturated carbocycles. The van der Waals surface area contributed by atoms with E-state index in [0.29, 0.717) is 25.2 Å². The van der Waals surface area contributed by atoms with E-state index in [1.54, 1.807) is 0 Å². The Morgan fingerprint density at radius 3 is 2.00 bits per heavy atom. The molecule has 0 heterocycles. The van der Waals surface area contributed by atoms with Crippen LogP contribution in [0, 0.1) is 46.3 Å². The highest BCUT2D eigenvalue weighted by Crippen LogP contribution is 2.68. The van der Waals surface area contributed by atoms with E-state index in [2.05, 4.69) is 27.7 Å². The number of aliphatic carboxylic acids is 1. The first-order valence-electron chi connectivity index (χ1n) is 19.8. The van der Waals surface area contributed by atoms with Crippen LogP contribution in [0.4, 0.5) is 0 Å². The van der Waals surface area contributed by atoms with Crippen LogP contribution >= 0.6 is 0 Å². The molecule has 6 nitrogen and oxygen atoms in total. The number of rotatable bonds is 19. The van der Waals surface area contributed by atoms with Crippen LogP contribution in [0.25, 0.3) is 0 Å². The number of carboxylic acids is 1. The third-order valence-electron chi connectivity index (χ3n) is 14.1. The van der Waals surface area contributed by atoms with Gasteiger partial charge in [0.05, 0.1) is 12.2 Å². The molecule has 0 amide bonds. The second kappa shape index (κ2) is 17.5. The van der Waals surface area contributed by atoms with Crippen molar-refractivity contribution in [2.75, 3.05) is 0 Å². The molecule has 0 spiro atoms. The quantitative estimate of drug-likeness (QED) is 0.0954. The summed E-state index contributed by atoms with van der Waals surface area (Å²) in [6.45, 7) is 9.06. The van der Waals surface area contributed by atoms with Gasteiger partial charge in [0.15, 0.2) is 0 Å². The predicted octanol–water partition coefficient (Wildman–Crippen LogP) is 9.48. The minimum atomic E-state index is -0.752. The van der Waals surface area contributed by atoms with Gasteiger partial charge in [-0.2, -0.15) is 0 Å². The molecule has 4 rings (SSSR count). The van der Waals surface area contributed by atoms with E-state index >= 15 is 0 Å². The molecule has 4 aliphatic rings. The molecule has 5 unspecified atom stereocenters. The van der Waals surface area contributed by atoms with E-state index in [4.69, 9.17) is 4.74 Å². The number of carbonyl (C=O) groups is 2. The molecule has 3 N–H and O–H groups in total. The minimum Gasteiger partial charge on any atom is -0.481 e. The molecule has 11 atom stereocenters. The number of unbranched alkanes of at least 4 members (excludes halogenated alkanes) is 12. The Labute approximate surface area is 281 Å². The van der Waals surface area contributed by atoms with Gasteiger partial charge >= 0.3 is 11.9 Å². The summed E-state index contributed by atoms with van der Waals surface area (Å²) in [6, 6.07) is 0. The molecule has 4 fully saturated rings. The standard InChI is InChI=1S/C40H70O6/c1-5-6-7-8-9-10-11-12-13-14-15-16-17-18-37(45)46-30-23-24-39(3)29(25-30)26-34(41)38-32-21-20-31(28(2)19-22-36(43)44)40(32,4)35(42)27-33(38)39/h28-35,38,41-42H,5-27H2,1-4H3,(H,43,44)/t28-,29+,30-,31?,32?,33?,34?,35+,38?,39+,40-/m1/s1. The molecule has 266 valence electrons. The zero-order valence-corrected chi connectivity index (χ0v) is 30.0. The summed E-state index contributed by atoms with van der Waals surface area (Å²) in [5.41, 5.74) is -0.235. The zero-order valence-electron chi connectivity index (χ0n) is 30.0. The van der Waals surface area contributed by atoms with Gasteiger partial charge in [-0.1, -0.05) is 105 Å². The van der Waals surface area contributed by atoms with Crippen molar-refractivity contribution < 1.29 is 29.6 Å². The lowest BCUT2D eigenvalue weighted by Crippen LogP contribution is -2.62. The largest absolute Gasteiger partial charge is 0.481 e. The van der Waals surface area contributed by atoms with E-state index in [-0.39, 0.29) is 58.9 Å². The van der Waals surface area contributed by atoms with E-state index in [1.165, 1.54) is 70.6 Å². The number of hydrogen-bond acceptors (Lipinski definition) is 5. The SMILES string of the molecule is CCCCCCCCCCCCCCCC(=O)O[C@@H]1CC[C@]2(C)C3C[C@H](O)[C@@]4(C)C(CCC4[C@H](C)CCC(=O)O)C3C(O)C[C@@H]2C1. The number of hydrogen-bond donors (Lipinski definition) is 3.